The molecule has 0 fully saturated rings. The van der Waals surface area contributed by atoms with E-state index in [9.17, 15) is 9.90 Å². The zero-order chi connectivity index (χ0) is 11.7. The summed E-state index contributed by atoms with van der Waals surface area (Å²) >= 11 is 1.58. The molecule has 1 N–H and O–H groups in total. The van der Waals surface area contributed by atoms with Crippen LogP contribution in [-0.4, -0.2) is 11.1 Å². The first kappa shape index (κ1) is 11.1. The summed E-state index contributed by atoms with van der Waals surface area (Å²) in [6.07, 6.45) is 0. The Morgan fingerprint density at radius 3 is 2.56 bits per heavy atom. The molecule has 0 saturated carbocycles. The fraction of sp³-hybridized carbons (Fsp3) is 0.308. The maximum atomic E-state index is 11.2. The second-order valence-electron chi connectivity index (χ2n) is 4.25. The third kappa shape index (κ3) is 1.95. The van der Waals surface area contributed by atoms with Gasteiger partial charge in [0.2, 0.25) is 0 Å². The maximum absolute atomic E-state index is 11.2. The Hall–Kier alpha value is -1.35. The quantitative estimate of drug-likeness (QED) is 0.878. The van der Waals surface area contributed by atoms with Crippen molar-refractivity contribution >= 4 is 27.4 Å². The molecule has 1 atom stereocenters. The molecule has 0 saturated heterocycles. The van der Waals surface area contributed by atoms with Crippen LogP contribution in [0.2, 0.25) is 0 Å². The van der Waals surface area contributed by atoms with Crippen molar-refractivity contribution in [2.75, 3.05) is 0 Å². The van der Waals surface area contributed by atoms with Gasteiger partial charge in [-0.25, -0.2) is 0 Å². The minimum absolute atomic E-state index is 0.116. The van der Waals surface area contributed by atoms with E-state index in [1.54, 1.807) is 11.3 Å². The summed E-state index contributed by atoms with van der Waals surface area (Å²) in [5.41, 5.74) is 0. The van der Waals surface area contributed by atoms with Crippen LogP contribution in [0.5, 0.6) is 0 Å². The van der Waals surface area contributed by atoms with Crippen molar-refractivity contribution in [2.45, 2.75) is 19.8 Å². The fourth-order valence-corrected chi connectivity index (χ4v) is 3.22. The molecule has 1 aromatic heterocycles. The summed E-state index contributed by atoms with van der Waals surface area (Å²) in [6.45, 7) is 3.90. The van der Waals surface area contributed by atoms with Crippen LogP contribution >= 0.6 is 11.3 Å². The number of rotatable bonds is 3. The number of hydrogen-bond donors (Lipinski definition) is 1. The first-order valence-electron chi connectivity index (χ1n) is 5.31. The van der Waals surface area contributed by atoms with Gasteiger partial charge in [-0.15, -0.1) is 11.3 Å². The summed E-state index contributed by atoms with van der Waals surface area (Å²) in [6, 6.07) is 10.0. The van der Waals surface area contributed by atoms with Gasteiger partial charge < -0.3 is 5.11 Å². The van der Waals surface area contributed by atoms with Crippen molar-refractivity contribution in [1.29, 1.82) is 0 Å². The molecule has 2 nitrogen and oxygen atoms in total. The highest BCUT2D eigenvalue weighted by Gasteiger charge is 2.25. The zero-order valence-corrected chi connectivity index (χ0v) is 10.1. The molecule has 1 aromatic carbocycles. The average Bonchev–Trinajstić information content (AvgIpc) is 2.58. The Labute approximate surface area is 98.5 Å². The highest BCUT2D eigenvalue weighted by molar-refractivity contribution is 7.19. The monoisotopic (exact) mass is 234 g/mol. The maximum Gasteiger partial charge on any atom is 0.312 e. The van der Waals surface area contributed by atoms with Gasteiger partial charge in [0.05, 0.1) is 5.92 Å². The zero-order valence-electron chi connectivity index (χ0n) is 9.31. The molecule has 2 aromatic rings. The van der Waals surface area contributed by atoms with Gasteiger partial charge in [-0.1, -0.05) is 32.0 Å². The number of benzene rings is 1. The third-order valence-corrected chi connectivity index (χ3v) is 3.88. The van der Waals surface area contributed by atoms with E-state index in [0.717, 1.165) is 15.0 Å². The molecule has 0 bridgehead atoms. The summed E-state index contributed by atoms with van der Waals surface area (Å²) in [5, 5.41) is 10.4. The molecule has 1 unspecified atom stereocenters. The number of thiophene rings is 1. The highest BCUT2D eigenvalue weighted by atomic mass is 32.1. The van der Waals surface area contributed by atoms with Gasteiger partial charge in [0.1, 0.15) is 0 Å². The van der Waals surface area contributed by atoms with Crippen molar-refractivity contribution in [2.24, 2.45) is 5.92 Å². The first-order chi connectivity index (χ1) is 7.59. The van der Waals surface area contributed by atoms with Crippen LogP contribution in [0.3, 0.4) is 0 Å². The van der Waals surface area contributed by atoms with Crippen molar-refractivity contribution in [3.8, 4) is 0 Å². The lowest BCUT2D eigenvalue weighted by Crippen LogP contribution is -2.16. The van der Waals surface area contributed by atoms with Crippen LogP contribution in [0, 0.1) is 5.92 Å². The number of carboxylic acid groups (broad SMARTS) is 1. The number of fused-ring (bicyclic) bond motifs is 1. The largest absolute Gasteiger partial charge is 0.481 e. The number of carboxylic acids is 1. The van der Waals surface area contributed by atoms with E-state index < -0.39 is 11.9 Å². The molecular weight excluding hydrogens is 220 g/mol. The van der Waals surface area contributed by atoms with E-state index in [2.05, 4.69) is 0 Å². The lowest BCUT2D eigenvalue weighted by atomic mass is 9.94. The molecule has 0 aliphatic heterocycles. The Morgan fingerprint density at radius 2 is 2.00 bits per heavy atom. The molecule has 0 aliphatic carbocycles. The molecule has 0 radical (unpaired) electrons. The predicted octanol–water partition coefficient (Wildman–Crippen LogP) is 3.73. The van der Waals surface area contributed by atoms with Crippen LogP contribution in [0.1, 0.15) is 24.6 Å². The van der Waals surface area contributed by atoms with Gasteiger partial charge in [0.15, 0.2) is 0 Å². The smallest absolute Gasteiger partial charge is 0.312 e. The van der Waals surface area contributed by atoms with E-state index in [1.165, 1.54) is 0 Å². The Balaban J connectivity index is 2.49. The molecule has 0 spiro atoms. The summed E-state index contributed by atoms with van der Waals surface area (Å²) in [5.74, 6) is -1.01. The molecule has 0 aliphatic rings. The SMILES string of the molecule is CC(C)C(C(=O)O)c1cc2ccccc2s1. The van der Waals surface area contributed by atoms with E-state index in [1.807, 2.05) is 44.2 Å². The van der Waals surface area contributed by atoms with Crippen molar-refractivity contribution < 1.29 is 9.90 Å². The molecule has 3 heteroatoms. The van der Waals surface area contributed by atoms with Crippen LogP contribution in [0.4, 0.5) is 0 Å². The van der Waals surface area contributed by atoms with Crippen LogP contribution in [0.25, 0.3) is 10.1 Å². The van der Waals surface area contributed by atoms with Gasteiger partial charge in [-0.2, -0.15) is 0 Å². The summed E-state index contributed by atoms with van der Waals surface area (Å²) in [4.78, 5) is 12.2. The molecule has 1 heterocycles. The minimum Gasteiger partial charge on any atom is -0.481 e. The van der Waals surface area contributed by atoms with Crippen molar-refractivity contribution in [1.82, 2.24) is 0 Å². The van der Waals surface area contributed by atoms with Crippen LogP contribution in [0.15, 0.2) is 30.3 Å². The standard InChI is InChI=1S/C13H14O2S/c1-8(2)12(13(14)15)11-7-9-5-3-4-6-10(9)16-11/h3-8,12H,1-2H3,(H,14,15). The Kier molecular flexibility index (Phi) is 2.97. The molecular formula is C13H14O2S. The van der Waals surface area contributed by atoms with E-state index >= 15 is 0 Å². The first-order valence-corrected chi connectivity index (χ1v) is 6.12. The second kappa shape index (κ2) is 4.26. The normalized spacial score (nSPS) is 13.2. The van der Waals surface area contributed by atoms with Gasteiger partial charge in [-0.05, 0) is 23.4 Å². The predicted molar refractivity (Wildman–Crippen MR) is 67.0 cm³/mol. The van der Waals surface area contributed by atoms with E-state index in [0.29, 0.717) is 0 Å². The number of carbonyl (C=O) groups is 1. The van der Waals surface area contributed by atoms with Crippen molar-refractivity contribution in [3.05, 3.63) is 35.2 Å². The number of aliphatic carboxylic acids is 1. The van der Waals surface area contributed by atoms with E-state index in [-0.39, 0.29) is 5.92 Å². The molecule has 84 valence electrons. The number of hydrogen-bond acceptors (Lipinski definition) is 2. The summed E-state index contributed by atoms with van der Waals surface area (Å²) in [7, 11) is 0. The van der Waals surface area contributed by atoms with E-state index in [4.69, 9.17) is 0 Å². The third-order valence-electron chi connectivity index (χ3n) is 2.68. The second-order valence-corrected chi connectivity index (χ2v) is 5.36. The fourth-order valence-electron chi connectivity index (χ4n) is 1.89. The van der Waals surface area contributed by atoms with Crippen LogP contribution < -0.4 is 0 Å². The van der Waals surface area contributed by atoms with Gasteiger partial charge in [0.25, 0.3) is 0 Å². The van der Waals surface area contributed by atoms with Crippen molar-refractivity contribution in [3.63, 3.8) is 0 Å². The van der Waals surface area contributed by atoms with Crippen LogP contribution in [-0.2, 0) is 4.79 Å². The summed E-state index contributed by atoms with van der Waals surface area (Å²) < 4.78 is 1.16. The van der Waals surface area contributed by atoms with Gasteiger partial charge >= 0.3 is 5.97 Å². The Morgan fingerprint density at radius 1 is 1.31 bits per heavy atom. The lowest BCUT2D eigenvalue weighted by Gasteiger charge is -2.13. The topological polar surface area (TPSA) is 37.3 Å². The average molecular weight is 234 g/mol. The van der Waals surface area contributed by atoms with Gasteiger partial charge in [0, 0.05) is 9.58 Å². The molecule has 2 rings (SSSR count). The molecule has 0 amide bonds. The Bertz CT molecular complexity index is 480. The van der Waals surface area contributed by atoms with Gasteiger partial charge in [-0.3, -0.25) is 4.79 Å². The molecule has 16 heavy (non-hydrogen) atoms. The minimum atomic E-state index is -0.735. The lowest BCUT2D eigenvalue weighted by molar-refractivity contribution is -0.139. The highest BCUT2D eigenvalue weighted by Crippen LogP contribution is 2.34.